The first-order valence-electron chi connectivity index (χ1n) is 8.67. The Bertz CT molecular complexity index is 778. The van der Waals surface area contributed by atoms with Crippen molar-refractivity contribution in [2.45, 2.75) is 38.8 Å². The lowest BCUT2D eigenvalue weighted by Crippen LogP contribution is -2.35. The zero-order valence-electron chi connectivity index (χ0n) is 14.0. The predicted octanol–water partition coefficient (Wildman–Crippen LogP) is 2.29. The van der Waals surface area contributed by atoms with Gasteiger partial charge in [0.25, 0.3) is 5.56 Å². The van der Waals surface area contributed by atoms with Crippen molar-refractivity contribution in [2.75, 3.05) is 13.7 Å². The molecule has 1 aromatic carbocycles. The van der Waals surface area contributed by atoms with Gasteiger partial charge < -0.3 is 9.72 Å². The van der Waals surface area contributed by atoms with Crippen LogP contribution in [0.2, 0.25) is 0 Å². The molecule has 24 heavy (non-hydrogen) atoms. The van der Waals surface area contributed by atoms with Crippen molar-refractivity contribution in [1.29, 1.82) is 0 Å². The molecule has 0 atom stereocenters. The minimum Gasteiger partial charge on any atom is -0.497 e. The molecule has 5 heteroatoms. The number of fused-ring (bicyclic) bond motifs is 1. The van der Waals surface area contributed by atoms with Crippen LogP contribution in [0.4, 0.5) is 0 Å². The number of hydrogen-bond donors (Lipinski definition) is 1. The van der Waals surface area contributed by atoms with Gasteiger partial charge in [-0.3, -0.25) is 9.69 Å². The summed E-state index contributed by atoms with van der Waals surface area (Å²) >= 11 is 0. The number of rotatable bonds is 5. The van der Waals surface area contributed by atoms with Gasteiger partial charge in [-0.1, -0.05) is 12.1 Å². The third kappa shape index (κ3) is 3.36. The summed E-state index contributed by atoms with van der Waals surface area (Å²) in [5.74, 6) is 2.47. The van der Waals surface area contributed by atoms with Crippen LogP contribution >= 0.6 is 0 Å². The van der Waals surface area contributed by atoms with Crippen molar-refractivity contribution in [3.8, 4) is 5.75 Å². The highest BCUT2D eigenvalue weighted by atomic mass is 16.5. The highest BCUT2D eigenvalue weighted by Gasteiger charge is 2.25. The van der Waals surface area contributed by atoms with E-state index in [9.17, 15) is 4.79 Å². The van der Waals surface area contributed by atoms with Crippen LogP contribution in [-0.2, 0) is 25.9 Å². The van der Waals surface area contributed by atoms with Gasteiger partial charge in [0.05, 0.1) is 12.8 Å². The van der Waals surface area contributed by atoms with E-state index in [4.69, 9.17) is 9.72 Å². The van der Waals surface area contributed by atoms with Crippen LogP contribution in [0.5, 0.6) is 5.75 Å². The number of ether oxygens (including phenoxy) is 1. The molecule has 0 unspecified atom stereocenters. The van der Waals surface area contributed by atoms with Crippen LogP contribution in [-0.4, -0.2) is 28.5 Å². The summed E-state index contributed by atoms with van der Waals surface area (Å²) in [6, 6.07) is 8.17. The Labute approximate surface area is 141 Å². The number of hydrogen-bond acceptors (Lipinski definition) is 4. The van der Waals surface area contributed by atoms with E-state index in [-0.39, 0.29) is 5.56 Å². The van der Waals surface area contributed by atoms with E-state index in [0.717, 1.165) is 61.2 Å². The summed E-state index contributed by atoms with van der Waals surface area (Å²) in [4.78, 5) is 22.4. The zero-order chi connectivity index (χ0) is 16.5. The predicted molar refractivity (Wildman–Crippen MR) is 92.1 cm³/mol. The zero-order valence-corrected chi connectivity index (χ0v) is 14.0. The fraction of sp³-hybridized carbons (Fsp3) is 0.474. The summed E-state index contributed by atoms with van der Waals surface area (Å²) in [6.45, 7) is 2.52. The molecular formula is C19H23N3O2. The standard InChI is InChI=1S/C19H23N3O2/c1-24-15-6-4-14(5-7-15)11-22-9-8-16-17(12-22)20-18(21-19(16)23)10-13-2-3-13/h4-7,13H,2-3,8-12H2,1H3,(H,20,21,23). The topological polar surface area (TPSA) is 58.2 Å². The average molecular weight is 325 g/mol. The van der Waals surface area contributed by atoms with E-state index in [1.807, 2.05) is 12.1 Å². The van der Waals surface area contributed by atoms with Crippen molar-refractivity contribution in [3.63, 3.8) is 0 Å². The average Bonchev–Trinajstić information content (AvgIpc) is 3.39. The van der Waals surface area contributed by atoms with Crippen molar-refractivity contribution in [2.24, 2.45) is 5.92 Å². The fourth-order valence-corrected chi connectivity index (χ4v) is 3.36. The Morgan fingerprint density at radius 3 is 2.79 bits per heavy atom. The molecule has 0 bridgehead atoms. The maximum atomic E-state index is 12.3. The third-order valence-electron chi connectivity index (χ3n) is 4.95. The van der Waals surface area contributed by atoms with Gasteiger partial charge in [0.2, 0.25) is 0 Å². The molecule has 126 valence electrons. The van der Waals surface area contributed by atoms with Crippen molar-refractivity contribution in [3.05, 3.63) is 57.3 Å². The molecule has 2 aromatic rings. The largest absolute Gasteiger partial charge is 0.497 e. The minimum atomic E-state index is 0.0692. The molecule has 4 rings (SSSR count). The SMILES string of the molecule is COc1ccc(CN2CCc3c(nc(CC4CC4)[nH]c3=O)C2)cc1. The maximum Gasteiger partial charge on any atom is 0.254 e. The Morgan fingerprint density at radius 2 is 2.08 bits per heavy atom. The number of nitrogens with one attached hydrogen (secondary N) is 1. The molecule has 1 aromatic heterocycles. The smallest absolute Gasteiger partial charge is 0.254 e. The van der Waals surface area contributed by atoms with E-state index in [1.54, 1.807) is 7.11 Å². The van der Waals surface area contributed by atoms with Gasteiger partial charge >= 0.3 is 0 Å². The van der Waals surface area contributed by atoms with Crippen LogP contribution in [0.25, 0.3) is 0 Å². The number of aromatic nitrogens is 2. The summed E-state index contributed by atoms with van der Waals surface area (Å²) in [7, 11) is 1.68. The molecule has 5 nitrogen and oxygen atoms in total. The molecule has 2 aliphatic rings. The minimum absolute atomic E-state index is 0.0692. The fourth-order valence-electron chi connectivity index (χ4n) is 3.36. The molecule has 1 N–H and O–H groups in total. The van der Waals surface area contributed by atoms with E-state index in [2.05, 4.69) is 22.0 Å². The van der Waals surface area contributed by atoms with Crippen LogP contribution in [0, 0.1) is 5.92 Å². The lowest BCUT2D eigenvalue weighted by atomic mass is 10.1. The lowest BCUT2D eigenvalue weighted by molar-refractivity contribution is 0.240. The Hall–Kier alpha value is -2.14. The van der Waals surface area contributed by atoms with Gasteiger partial charge in [-0.05, 0) is 42.9 Å². The molecule has 0 spiro atoms. The molecule has 0 saturated heterocycles. The summed E-state index contributed by atoms with van der Waals surface area (Å²) < 4.78 is 5.21. The number of aromatic amines is 1. The van der Waals surface area contributed by atoms with Gasteiger partial charge in [0.1, 0.15) is 11.6 Å². The molecule has 2 heterocycles. The van der Waals surface area contributed by atoms with E-state index >= 15 is 0 Å². The monoisotopic (exact) mass is 325 g/mol. The Morgan fingerprint density at radius 1 is 1.29 bits per heavy atom. The van der Waals surface area contributed by atoms with Gasteiger partial charge in [-0.25, -0.2) is 4.98 Å². The maximum absolute atomic E-state index is 12.3. The van der Waals surface area contributed by atoms with Crippen LogP contribution in [0.3, 0.4) is 0 Å². The molecule has 1 fully saturated rings. The van der Waals surface area contributed by atoms with Crippen molar-refractivity contribution >= 4 is 0 Å². The number of nitrogens with zero attached hydrogens (tertiary/aromatic N) is 2. The second-order valence-electron chi connectivity index (χ2n) is 6.89. The number of H-pyrrole nitrogens is 1. The van der Waals surface area contributed by atoms with Gasteiger partial charge in [-0.15, -0.1) is 0 Å². The third-order valence-corrected chi connectivity index (χ3v) is 4.95. The summed E-state index contributed by atoms with van der Waals surface area (Å²) in [5.41, 5.74) is 3.16. The lowest BCUT2D eigenvalue weighted by Gasteiger charge is -2.27. The molecule has 1 aliphatic carbocycles. The molecule has 1 aliphatic heterocycles. The summed E-state index contributed by atoms with van der Waals surface area (Å²) in [5, 5.41) is 0. The Kier molecular flexibility index (Phi) is 4.10. The molecule has 1 saturated carbocycles. The molecule has 0 amide bonds. The second kappa shape index (κ2) is 6.40. The quantitative estimate of drug-likeness (QED) is 0.916. The van der Waals surface area contributed by atoms with Crippen molar-refractivity contribution < 1.29 is 4.74 Å². The van der Waals surface area contributed by atoms with Gasteiger partial charge in [-0.2, -0.15) is 0 Å². The highest BCUT2D eigenvalue weighted by Crippen LogP contribution is 2.31. The van der Waals surface area contributed by atoms with Crippen LogP contribution in [0.1, 0.15) is 35.5 Å². The van der Waals surface area contributed by atoms with E-state index < -0.39 is 0 Å². The number of benzene rings is 1. The van der Waals surface area contributed by atoms with Crippen molar-refractivity contribution in [1.82, 2.24) is 14.9 Å². The number of methoxy groups -OCH3 is 1. The summed E-state index contributed by atoms with van der Waals surface area (Å²) in [6.07, 6.45) is 4.23. The normalized spacial score (nSPS) is 17.5. The van der Waals surface area contributed by atoms with Gasteiger partial charge in [0.15, 0.2) is 0 Å². The molecular weight excluding hydrogens is 302 g/mol. The first kappa shape index (κ1) is 15.4. The van der Waals surface area contributed by atoms with E-state index in [0.29, 0.717) is 0 Å². The molecule has 0 radical (unpaired) electrons. The Balaban J connectivity index is 1.49. The highest BCUT2D eigenvalue weighted by molar-refractivity contribution is 5.28. The van der Waals surface area contributed by atoms with Crippen LogP contribution < -0.4 is 10.3 Å². The second-order valence-corrected chi connectivity index (χ2v) is 6.89. The van der Waals surface area contributed by atoms with Crippen LogP contribution in [0.15, 0.2) is 29.1 Å². The van der Waals surface area contributed by atoms with Gasteiger partial charge in [0, 0.05) is 31.6 Å². The first-order chi connectivity index (χ1) is 11.7. The first-order valence-corrected chi connectivity index (χ1v) is 8.67. The van der Waals surface area contributed by atoms with E-state index in [1.165, 1.54) is 18.4 Å².